The number of hydrogen-bond acceptors (Lipinski definition) is 5. The molecular formula is C19H22ClN3O3. The zero-order valence-corrected chi connectivity index (χ0v) is 16.0. The highest BCUT2D eigenvalue weighted by molar-refractivity contribution is 6.31. The third kappa shape index (κ3) is 4.73. The number of methoxy groups -OCH3 is 1. The van der Waals surface area contributed by atoms with Crippen LogP contribution in [0, 0.1) is 0 Å². The van der Waals surface area contributed by atoms with Crippen LogP contribution in [0.15, 0.2) is 36.4 Å². The minimum absolute atomic E-state index is 0.226. The van der Waals surface area contributed by atoms with Gasteiger partial charge in [-0.05, 0) is 57.2 Å². The number of esters is 1. The number of carbonyl (C=O) groups is 2. The molecule has 1 aromatic heterocycles. The lowest BCUT2D eigenvalue weighted by molar-refractivity contribution is 0.0600. The smallest absolute Gasteiger partial charge is 0.337 e. The van der Waals surface area contributed by atoms with E-state index in [1.54, 1.807) is 30.3 Å². The van der Waals surface area contributed by atoms with Gasteiger partial charge in [0, 0.05) is 23.3 Å². The highest BCUT2D eigenvalue weighted by Crippen LogP contribution is 2.21. The van der Waals surface area contributed by atoms with Crippen molar-refractivity contribution in [2.24, 2.45) is 0 Å². The standard InChI is InChI=1S/C19H22ClN3O3/c1-5-23(12(2)3)17-11-14(20)10-16(22-17)18(24)21-15-8-6-13(7-9-15)19(25)26-4/h6-12H,5H2,1-4H3,(H,21,24). The summed E-state index contributed by atoms with van der Waals surface area (Å²) in [5, 5.41) is 3.20. The largest absolute Gasteiger partial charge is 0.465 e. The molecule has 0 unspecified atom stereocenters. The van der Waals surface area contributed by atoms with Gasteiger partial charge in [0.25, 0.3) is 5.91 Å². The fourth-order valence-corrected chi connectivity index (χ4v) is 2.74. The summed E-state index contributed by atoms with van der Waals surface area (Å²) in [5.74, 6) is -0.155. The highest BCUT2D eigenvalue weighted by atomic mass is 35.5. The van der Waals surface area contributed by atoms with E-state index in [1.807, 2.05) is 11.8 Å². The summed E-state index contributed by atoms with van der Waals surface area (Å²) >= 11 is 6.18. The summed E-state index contributed by atoms with van der Waals surface area (Å²) in [6.45, 7) is 6.87. The number of nitrogens with zero attached hydrogens (tertiary/aromatic N) is 2. The van der Waals surface area contributed by atoms with Gasteiger partial charge in [-0.15, -0.1) is 0 Å². The number of aromatic nitrogens is 1. The quantitative estimate of drug-likeness (QED) is 0.772. The monoisotopic (exact) mass is 375 g/mol. The van der Waals surface area contributed by atoms with Gasteiger partial charge in [0.05, 0.1) is 12.7 Å². The Morgan fingerprint density at radius 1 is 1.23 bits per heavy atom. The van der Waals surface area contributed by atoms with Gasteiger partial charge in [0.1, 0.15) is 11.5 Å². The molecule has 2 aromatic rings. The number of rotatable bonds is 6. The molecule has 0 radical (unpaired) electrons. The molecule has 26 heavy (non-hydrogen) atoms. The Labute approximate surface area is 158 Å². The number of carbonyl (C=O) groups excluding carboxylic acids is 2. The van der Waals surface area contributed by atoms with Gasteiger partial charge in [-0.2, -0.15) is 0 Å². The Bertz CT molecular complexity index is 791. The predicted octanol–water partition coefficient (Wildman–Crippen LogP) is 4.01. The molecule has 0 atom stereocenters. The minimum atomic E-state index is -0.433. The van der Waals surface area contributed by atoms with Gasteiger partial charge in [-0.3, -0.25) is 4.79 Å². The maximum Gasteiger partial charge on any atom is 0.337 e. The lowest BCUT2D eigenvalue weighted by Crippen LogP contribution is -2.31. The van der Waals surface area contributed by atoms with Crippen LogP contribution < -0.4 is 10.2 Å². The van der Waals surface area contributed by atoms with Crippen molar-refractivity contribution in [1.82, 2.24) is 4.98 Å². The Balaban J connectivity index is 2.21. The van der Waals surface area contributed by atoms with E-state index in [-0.39, 0.29) is 17.6 Å². The second-order valence-corrected chi connectivity index (χ2v) is 6.37. The van der Waals surface area contributed by atoms with Crippen molar-refractivity contribution in [3.8, 4) is 0 Å². The molecule has 7 heteroatoms. The average molecular weight is 376 g/mol. The molecule has 0 fully saturated rings. The Hall–Kier alpha value is -2.60. The molecular weight excluding hydrogens is 354 g/mol. The third-order valence-electron chi connectivity index (χ3n) is 3.83. The predicted molar refractivity (Wildman–Crippen MR) is 103 cm³/mol. The Morgan fingerprint density at radius 3 is 2.42 bits per heavy atom. The van der Waals surface area contributed by atoms with Crippen LogP contribution in [-0.2, 0) is 4.74 Å². The van der Waals surface area contributed by atoms with Crippen molar-refractivity contribution < 1.29 is 14.3 Å². The first kappa shape index (κ1) is 19.7. The van der Waals surface area contributed by atoms with E-state index >= 15 is 0 Å². The van der Waals surface area contributed by atoms with Crippen LogP contribution in [0.2, 0.25) is 5.02 Å². The normalized spacial score (nSPS) is 10.5. The van der Waals surface area contributed by atoms with E-state index in [2.05, 4.69) is 28.9 Å². The highest BCUT2D eigenvalue weighted by Gasteiger charge is 2.16. The van der Waals surface area contributed by atoms with Crippen LogP contribution >= 0.6 is 11.6 Å². The number of pyridine rings is 1. The first-order chi connectivity index (χ1) is 12.3. The number of amides is 1. The molecule has 0 bridgehead atoms. The van der Waals surface area contributed by atoms with E-state index in [0.717, 1.165) is 6.54 Å². The van der Waals surface area contributed by atoms with Crippen LogP contribution in [0.3, 0.4) is 0 Å². The van der Waals surface area contributed by atoms with Crippen molar-refractivity contribution in [2.75, 3.05) is 23.9 Å². The van der Waals surface area contributed by atoms with Gasteiger partial charge in [0.15, 0.2) is 0 Å². The van der Waals surface area contributed by atoms with Crippen molar-refractivity contribution in [3.05, 3.63) is 52.7 Å². The van der Waals surface area contributed by atoms with E-state index in [1.165, 1.54) is 13.2 Å². The fourth-order valence-electron chi connectivity index (χ4n) is 2.54. The number of anilines is 2. The van der Waals surface area contributed by atoms with Crippen molar-refractivity contribution >= 4 is 35.0 Å². The third-order valence-corrected chi connectivity index (χ3v) is 4.05. The van der Waals surface area contributed by atoms with Crippen molar-refractivity contribution in [2.45, 2.75) is 26.8 Å². The van der Waals surface area contributed by atoms with Gasteiger partial charge in [-0.1, -0.05) is 11.6 Å². The number of nitrogens with one attached hydrogen (secondary N) is 1. The molecule has 6 nitrogen and oxygen atoms in total. The molecule has 1 aromatic carbocycles. The molecule has 1 amide bonds. The van der Waals surface area contributed by atoms with E-state index in [4.69, 9.17) is 11.6 Å². The van der Waals surface area contributed by atoms with Gasteiger partial charge >= 0.3 is 5.97 Å². The molecule has 0 aliphatic rings. The first-order valence-corrected chi connectivity index (χ1v) is 8.67. The molecule has 0 spiro atoms. The lowest BCUT2D eigenvalue weighted by atomic mass is 10.2. The molecule has 2 rings (SSSR count). The van der Waals surface area contributed by atoms with Crippen LogP contribution in [0.4, 0.5) is 11.5 Å². The van der Waals surface area contributed by atoms with Gasteiger partial charge in [-0.25, -0.2) is 9.78 Å². The van der Waals surface area contributed by atoms with Crippen LogP contribution in [0.5, 0.6) is 0 Å². The fraction of sp³-hybridized carbons (Fsp3) is 0.316. The maximum atomic E-state index is 12.5. The first-order valence-electron chi connectivity index (χ1n) is 8.29. The molecule has 0 saturated heterocycles. The summed E-state index contributed by atoms with van der Waals surface area (Å²) in [7, 11) is 1.32. The van der Waals surface area contributed by atoms with E-state index in [9.17, 15) is 9.59 Å². The van der Waals surface area contributed by atoms with Crippen molar-refractivity contribution in [1.29, 1.82) is 0 Å². The number of hydrogen-bond donors (Lipinski definition) is 1. The van der Waals surface area contributed by atoms with Crippen molar-refractivity contribution in [3.63, 3.8) is 0 Å². The van der Waals surface area contributed by atoms with Crippen LogP contribution in [0.1, 0.15) is 41.6 Å². The molecule has 138 valence electrons. The molecule has 0 aliphatic carbocycles. The molecule has 1 N–H and O–H groups in total. The molecule has 0 saturated carbocycles. The second kappa shape index (κ2) is 8.67. The number of ether oxygens (including phenoxy) is 1. The minimum Gasteiger partial charge on any atom is -0.465 e. The molecule has 0 aliphatic heterocycles. The topological polar surface area (TPSA) is 71.5 Å². The van der Waals surface area contributed by atoms with E-state index < -0.39 is 5.97 Å². The SMILES string of the molecule is CCN(c1cc(Cl)cc(C(=O)Nc2ccc(C(=O)OC)cc2)n1)C(C)C. The van der Waals surface area contributed by atoms with Gasteiger partial charge in [0.2, 0.25) is 0 Å². The second-order valence-electron chi connectivity index (χ2n) is 5.93. The average Bonchev–Trinajstić information content (AvgIpc) is 2.61. The summed E-state index contributed by atoms with van der Waals surface area (Å²) in [4.78, 5) is 30.5. The van der Waals surface area contributed by atoms with Crippen LogP contribution in [-0.4, -0.2) is 36.6 Å². The Kier molecular flexibility index (Phi) is 6.58. The van der Waals surface area contributed by atoms with Gasteiger partial charge < -0.3 is 15.0 Å². The number of benzene rings is 1. The lowest BCUT2D eigenvalue weighted by Gasteiger charge is -2.26. The summed E-state index contributed by atoms with van der Waals surface area (Å²) in [5.41, 5.74) is 1.18. The summed E-state index contributed by atoms with van der Waals surface area (Å²) in [6.07, 6.45) is 0. The zero-order valence-electron chi connectivity index (χ0n) is 15.2. The zero-order chi connectivity index (χ0) is 19.3. The maximum absolute atomic E-state index is 12.5. The Morgan fingerprint density at radius 2 is 1.88 bits per heavy atom. The summed E-state index contributed by atoms with van der Waals surface area (Å²) in [6, 6.07) is 9.91. The van der Waals surface area contributed by atoms with Crippen LogP contribution in [0.25, 0.3) is 0 Å². The van der Waals surface area contributed by atoms with E-state index in [0.29, 0.717) is 22.1 Å². The molecule has 1 heterocycles. The number of halogens is 1. The summed E-state index contributed by atoms with van der Waals surface area (Å²) < 4.78 is 4.65.